The van der Waals surface area contributed by atoms with E-state index in [1.807, 2.05) is 20.8 Å². The van der Waals surface area contributed by atoms with Gasteiger partial charge in [-0.1, -0.05) is 32.5 Å². The SMILES string of the molecule is CC(Sc1nc(C(C)(C)C)ns1)C(=O)O. The zero-order valence-electron chi connectivity index (χ0n) is 9.14. The van der Waals surface area contributed by atoms with E-state index in [0.29, 0.717) is 0 Å². The lowest BCUT2D eigenvalue weighted by molar-refractivity contribution is -0.136. The van der Waals surface area contributed by atoms with Gasteiger partial charge < -0.3 is 5.11 Å². The molecule has 0 aromatic carbocycles. The van der Waals surface area contributed by atoms with Gasteiger partial charge in [0.1, 0.15) is 11.1 Å². The van der Waals surface area contributed by atoms with Gasteiger partial charge in [0.25, 0.3) is 0 Å². The van der Waals surface area contributed by atoms with Crippen molar-refractivity contribution in [3.8, 4) is 0 Å². The number of carboxylic acids is 1. The number of aromatic nitrogens is 2. The number of carboxylic acid groups (broad SMARTS) is 1. The first-order valence-corrected chi connectivity index (χ1v) is 6.19. The Balaban J connectivity index is 2.73. The summed E-state index contributed by atoms with van der Waals surface area (Å²) in [7, 11) is 0. The molecule has 0 saturated carbocycles. The second-order valence-electron chi connectivity index (χ2n) is 4.23. The Kier molecular flexibility index (Phi) is 3.72. The number of aliphatic carboxylic acids is 1. The van der Waals surface area contributed by atoms with Crippen molar-refractivity contribution in [2.45, 2.75) is 42.7 Å². The van der Waals surface area contributed by atoms with E-state index in [1.165, 1.54) is 23.3 Å². The van der Waals surface area contributed by atoms with Gasteiger partial charge in [0.2, 0.25) is 0 Å². The van der Waals surface area contributed by atoms with Gasteiger partial charge in [-0.15, -0.1) is 0 Å². The van der Waals surface area contributed by atoms with Crippen molar-refractivity contribution in [1.29, 1.82) is 0 Å². The van der Waals surface area contributed by atoms with Gasteiger partial charge in [-0.05, 0) is 18.5 Å². The van der Waals surface area contributed by atoms with Crippen LogP contribution in [0.25, 0.3) is 0 Å². The van der Waals surface area contributed by atoms with Crippen molar-refractivity contribution in [3.05, 3.63) is 5.82 Å². The second kappa shape index (κ2) is 4.49. The van der Waals surface area contributed by atoms with Crippen molar-refractivity contribution in [3.63, 3.8) is 0 Å². The minimum atomic E-state index is -0.826. The molecule has 4 nitrogen and oxygen atoms in total. The Morgan fingerprint density at radius 1 is 1.53 bits per heavy atom. The molecule has 0 bridgehead atoms. The van der Waals surface area contributed by atoms with Crippen LogP contribution in [-0.2, 0) is 10.2 Å². The fraction of sp³-hybridized carbons (Fsp3) is 0.667. The number of nitrogens with zero attached hydrogens (tertiary/aromatic N) is 2. The predicted molar refractivity (Wildman–Crippen MR) is 61.6 cm³/mol. The van der Waals surface area contributed by atoms with E-state index >= 15 is 0 Å². The first-order chi connectivity index (χ1) is 6.80. The number of hydrogen-bond acceptors (Lipinski definition) is 5. The lowest BCUT2D eigenvalue weighted by Crippen LogP contribution is -2.13. The number of rotatable bonds is 3. The third-order valence-corrected chi connectivity index (χ3v) is 3.58. The molecule has 15 heavy (non-hydrogen) atoms. The molecule has 1 rings (SSSR count). The normalized spacial score (nSPS) is 13.9. The van der Waals surface area contributed by atoms with Gasteiger partial charge in [-0.25, -0.2) is 4.98 Å². The molecule has 0 spiro atoms. The minimum absolute atomic E-state index is 0.0816. The lowest BCUT2D eigenvalue weighted by Gasteiger charge is -2.12. The highest BCUT2D eigenvalue weighted by Gasteiger charge is 2.21. The molecular weight excluding hydrogens is 232 g/mol. The molecular formula is C9H14N2O2S2. The van der Waals surface area contributed by atoms with Crippen LogP contribution in [0, 0.1) is 0 Å². The lowest BCUT2D eigenvalue weighted by atomic mass is 9.96. The van der Waals surface area contributed by atoms with Gasteiger partial charge in [0.15, 0.2) is 4.34 Å². The summed E-state index contributed by atoms with van der Waals surface area (Å²) in [5.41, 5.74) is -0.0816. The summed E-state index contributed by atoms with van der Waals surface area (Å²) < 4.78 is 4.93. The summed E-state index contributed by atoms with van der Waals surface area (Å²) in [4.78, 5) is 15.0. The smallest absolute Gasteiger partial charge is 0.316 e. The third kappa shape index (κ3) is 3.46. The van der Waals surface area contributed by atoms with E-state index in [2.05, 4.69) is 9.36 Å². The standard InChI is InChI=1S/C9H14N2O2S2/c1-5(6(12)13)14-8-10-7(11-15-8)9(2,3)4/h5H,1-4H3,(H,12,13). The van der Waals surface area contributed by atoms with E-state index in [-0.39, 0.29) is 5.41 Å². The Bertz CT molecular complexity index is 357. The Hall–Kier alpha value is -0.620. The molecule has 1 N–H and O–H groups in total. The number of hydrogen-bond donors (Lipinski definition) is 1. The first-order valence-electron chi connectivity index (χ1n) is 4.54. The third-order valence-electron chi connectivity index (χ3n) is 1.70. The molecule has 0 aliphatic carbocycles. The molecule has 0 amide bonds. The maximum absolute atomic E-state index is 10.6. The summed E-state index contributed by atoms with van der Waals surface area (Å²) >= 11 is 2.49. The molecule has 6 heteroatoms. The highest BCUT2D eigenvalue weighted by atomic mass is 32.2. The molecule has 0 aliphatic heterocycles. The second-order valence-corrected chi connectivity index (χ2v) is 6.57. The average molecular weight is 246 g/mol. The van der Waals surface area contributed by atoms with Crippen LogP contribution in [-0.4, -0.2) is 25.7 Å². The predicted octanol–water partition coefficient (Wildman–Crippen LogP) is 2.40. The van der Waals surface area contributed by atoms with E-state index in [1.54, 1.807) is 6.92 Å². The van der Waals surface area contributed by atoms with E-state index in [0.717, 1.165) is 10.2 Å². The summed E-state index contributed by atoms with van der Waals surface area (Å²) in [6.07, 6.45) is 0. The summed E-state index contributed by atoms with van der Waals surface area (Å²) in [5, 5.41) is 8.26. The van der Waals surface area contributed by atoms with Crippen molar-refractivity contribution < 1.29 is 9.90 Å². The molecule has 1 unspecified atom stereocenters. The Morgan fingerprint density at radius 3 is 2.53 bits per heavy atom. The van der Waals surface area contributed by atoms with Crippen LogP contribution in [0.2, 0.25) is 0 Å². The highest BCUT2D eigenvalue weighted by molar-refractivity contribution is 8.02. The van der Waals surface area contributed by atoms with Crippen LogP contribution in [0.1, 0.15) is 33.5 Å². The van der Waals surface area contributed by atoms with Gasteiger partial charge in [0, 0.05) is 5.41 Å². The Labute approximate surface area is 97.3 Å². The molecule has 1 heterocycles. The minimum Gasteiger partial charge on any atom is -0.480 e. The van der Waals surface area contributed by atoms with Gasteiger partial charge in [-0.3, -0.25) is 4.79 Å². The van der Waals surface area contributed by atoms with Crippen molar-refractivity contribution >= 4 is 29.3 Å². The zero-order chi connectivity index (χ0) is 11.6. The topological polar surface area (TPSA) is 63.1 Å². The fourth-order valence-corrected chi connectivity index (χ4v) is 2.63. The van der Waals surface area contributed by atoms with E-state index in [9.17, 15) is 4.79 Å². The largest absolute Gasteiger partial charge is 0.480 e. The molecule has 1 aromatic rings. The van der Waals surface area contributed by atoms with Crippen LogP contribution in [0.15, 0.2) is 4.34 Å². The van der Waals surface area contributed by atoms with Gasteiger partial charge in [0.05, 0.1) is 0 Å². The maximum Gasteiger partial charge on any atom is 0.316 e. The quantitative estimate of drug-likeness (QED) is 0.830. The maximum atomic E-state index is 10.6. The van der Waals surface area contributed by atoms with Gasteiger partial charge in [-0.2, -0.15) is 4.37 Å². The monoisotopic (exact) mass is 246 g/mol. The van der Waals surface area contributed by atoms with Crippen molar-refractivity contribution in [1.82, 2.24) is 9.36 Å². The molecule has 0 aliphatic rings. The molecule has 0 radical (unpaired) electrons. The summed E-state index contributed by atoms with van der Waals surface area (Å²) in [6.45, 7) is 7.74. The Morgan fingerprint density at radius 2 is 2.13 bits per heavy atom. The number of thioether (sulfide) groups is 1. The van der Waals surface area contributed by atoms with Crippen LogP contribution in [0.4, 0.5) is 0 Å². The molecule has 0 fully saturated rings. The van der Waals surface area contributed by atoms with Crippen LogP contribution in [0.5, 0.6) is 0 Å². The van der Waals surface area contributed by atoms with E-state index in [4.69, 9.17) is 5.11 Å². The number of carbonyl (C=O) groups is 1. The fourth-order valence-electron chi connectivity index (χ4n) is 0.764. The van der Waals surface area contributed by atoms with Crippen molar-refractivity contribution in [2.24, 2.45) is 0 Å². The molecule has 1 atom stereocenters. The van der Waals surface area contributed by atoms with Gasteiger partial charge >= 0.3 is 5.97 Å². The van der Waals surface area contributed by atoms with Crippen LogP contribution in [0.3, 0.4) is 0 Å². The molecule has 0 saturated heterocycles. The van der Waals surface area contributed by atoms with E-state index < -0.39 is 11.2 Å². The van der Waals surface area contributed by atoms with Crippen LogP contribution >= 0.6 is 23.3 Å². The summed E-state index contributed by atoms with van der Waals surface area (Å²) in [6, 6.07) is 0. The van der Waals surface area contributed by atoms with Crippen LogP contribution < -0.4 is 0 Å². The highest BCUT2D eigenvalue weighted by Crippen LogP contribution is 2.28. The average Bonchev–Trinajstić information content (AvgIpc) is 2.51. The first kappa shape index (κ1) is 12.4. The zero-order valence-corrected chi connectivity index (χ0v) is 10.8. The van der Waals surface area contributed by atoms with Crippen molar-refractivity contribution in [2.75, 3.05) is 0 Å². The summed E-state index contributed by atoms with van der Waals surface area (Å²) in [5.74, 6) is -0.0555. The molecule has 84 valence electrons. The molecule has 1 aromatic heterocycles.